The number of benzene rings is 5. The highest BCUT2D eigenvalue weighted by Gasteiger charge is 2.17. The first-order chi connectivity index (χ1) is 21.3. The number of hydrogen-bond donors (Lipinski definition) is 0. The van der Waals surface area contributed by atoms with Gasteiger partial charge in [-0.2, -0.15) is 0 Å². The van der Waals surface area contributed by atoms with E-state index < -0.39 is 0 Å². The van der Waals surface area contributed by atoms with Gasteiger partial charge >= 0.3 is 0 Å². The summed E-state index contributed by atoms with van der Waals surface area (Å²) in [5.74, 6) is 1.27. The third-order valence-corrected chi connectivity index (χ3v) is 8.28. The Bertz CT molecular complexity index is 2410. The Labute approximate surface area is 246 Å². The first kappa shape index (κ1) is 23.7. The minimum absolute atomic E-state index is 0.577. The Balaban J connectivity index is 1.20. The molecule has 0 fully saturated rings. The molecule has 0 atom stereocenters. The standard InChI is InChI=1S/C38H24N4O/c1-4-16-33-30(14-1)31-20-19-25(32-15-7-8-21-39-32)23-36(31)41(33)27-11-9-10-26(22-27)38-40-24-37(43-38)42-34-17-5-2-12-28(34)29-13-3-6-18-35(29)42/h1-24H. The lowest BCUT2D eigenvalue weighted by Crippen LogP contribution is -1.95. The Hall–Kier alpha value is -5.94. The zero-order chi connectivity index (χ0) is 28.3. The highest BCUT2D eigenvalue weighted by molar-refractivity contribution is 6.10. The summed E-state index contributed by atoms with van der Waals surface area (Å²) in [5.41, 5.74) is 8.44. The fraction of sp³-hybridized carbons (Fsp3) is 0. The summed E-state index contributed by atoms with van der Waals surface area (Å²) in [6.07, 6.45) is 3.66. The molecular weight excluding hydrogens is 528 g/mol. The van der Waals surface area contributed by atoms with Crippen molar-refractivity contribution in [3.63, 3.8) is 0 Å². The Morgan fingerprint density at radius 2 is 1.12 bits per heavy atom. The summed E-state index contributed by atoms with van der Waals surface area (Å²) < 4.78 is 11.0. The summed E-state index contributed by atoms with van der Waals surface area (Å²) in [6, 6.07) is 46.4. The molecule has 0 N–H and O–H groups in total. The van der Waals surface area contributed by atoms with Gasteiger partial charge in [-0.15, -0.1) is 0 Å². The summed E-state index contributed by atoms with van der Waals surface area (Å²) in [7, 11) is 0. The molecule has 4 aromatic heterocycles. The number of rotatable bonds is 4. The second kappa shape index (κ2) is 9.29. The van der Waals surface area contributed by atoms with Crippen LogP contribution in [0.3, 0.4) is 0 Å². The number of para-hydroxylation sites is 3. The van der Waals surface area contributed by atoms with Crippen LogP contribution in [-0.4, -0.2) is 19.1 Å². The van der Waals surface area contributed by atoms with Crippen LogP contribution in [0.1, 0.15) is 0 Å². The first-order valence-electron chi connectivity index (χ1n) is 14.3. The highest BCUT2D eigenvalue weighted by atomic mass is 16.4. The largest absolute Gasteiger partial charge is 0.420 e. The van der Waals surface area contributed by atoms with Gasteiger partial charge in [-0.1, -0.05) is 78.9 Å². The minimum Gasteiger partial charge on any atom is -0.420 e. The third-order valence-electron chi connectivity index (χ3n) is 8.28. The molecular formula is C38H24N4O. The van der Waals surface area contributed by atoms with E-state index >= 15 is 0 Å². The summed E-state index contributed by atoms with van der Waals surface area (Å²) >= 11 is 0. The molecule has 5 aromatic carbocycles. The van der Waals surface area contributed by atoms with Crippen LogP contribution in [-0.2, 0) is 0 Å². The molecule has 9 rings (SSSR count). The van der Waals surface area contributed by atoms with Gasteiger partial charge in [0, 0.05) is 44.6 Å². The van der Waals surface area contributed by atoms with Gasteiger partial charge in [-0.3, -0.25) is 9.55 Å². The minimum atomic E-state index is 0.577. The fourth-order valence-corrected chi connectivity index (χ4v) is 6.38. The molecule has 4 heterocycles. The van der Waals surface area contributed by atoms with Crippen molar-refractivity contribution in [2.24, 2.45) is 0 Å². The fourth-order valence-electron chi connectivity index (χ4n) is 6.38. The van der Waals surface area contributed by atoms with Crippen LogP contribution in [0.25, 0.3) is 77.9 Å². The van der Waals surface area contributed by atoms with Crippen LogP contribution in [0, 0.1) is 0 Å². The zero-order valence-electron chi connectivity index (χ0n) is 23.1. The second-order valence-electron chi connectivity index (χ2n) is 10.7. The van der Waals surface area contributed by atoms with Gasteiger partial charge in [0.2, 0.25) is 11.8 Å². The highest BCUT2D eigenvalue weighted by Crippen LogP contribution is 2.36. The molecule has 0 aliphatic carbocycles. The maximum absolute atomic E-state index is 6.49. The normalized spacial score (nSPS) is 11.7. The summed E-state index contributed by atoms with van der Waals surface area (Å²) in [6.45, 7) is 0. The average molecular weight is 553 g/mol. The third kappa shape index (κ3) is 3.65. The predicted octanol–water partition coefficient (Wildman–Crippen LogP) is 9.60. The van der Waals surface area contributed by atoms with Gasteiger partial charge < -0.3 is 8.98 Å². The lowest BCUT2D eigenvalue weighted by atomic mass is 10.1. The van der Waals surface area contributed by atoms with E-state index in [2.05, 4.69) is 129 Å². The number of fused-ring (bicyclic) bond motifs is 6. The molecule has 0 saturated heterocycles. The first-order valence-corrected chi connectivity index (χ1v) is 14.3. The van der Waals surface area contributed by atoms with E-state index in [1.807, 2.05) is 30.6 Å². The molecule has 0 bridgehead atoms. The smallest absolute Gasteiger partial charge is 0.228 e. The van der Waals surface area contributed by atoms with Gasteiger partial charge in [0.05, 0.1) is 34.0 Å². The molecule has 0 unspecified atom stereocenters. The monoisotopic (exact) mass is 552 g/mol. The van der Waals surface area contributed by atoms with Crippen LogP contribution in [0.4, 0.5) is 0 Å². The topological polar surface area (TPSA) is 48.8 Å². The molecule has 5 heteroatoms. The lowest BCUT2D eigenvalue weighted by molar-refractivity contribution is 0.554. The van der Waals surface area contributed by atoms with Crippen LogP contribution in [0.5, 0.6) is 0 Å². The van der Waals surface area contributed by atoms with Gasteiger partial charge in [-0.05, 0) is 54.6 Å². The number of aromatic nitrogens is 4. The maximum atomic E-state index is 6.49. The van der Waals surface area contributed by atoms with Gasteiger partial charge in [0.1, 0.15) is 0 Å². The van der Waals surface area contributed by atoms with Crippen molar-refractivity contribution in [3.8, 4) is 34.3 Å². The molecule has 0 amide bonds. The van der Waals surface area contributed by atoms with Crippen molar-refractivity contribution in [2.75, 3.05) is 0 Å². The molecule has 0 aliphatic heterocycles. The van der Waals surface area contributed by atoms with Crippen molar-refractivity contribution in [2.45, 2.75) is 0 Å². The van der Waals surface area contributed by atoms with E-state index in [-0.39, 0.29) is 0 Å². The maximum Gasteiger partial charge on any atom is 0.228 e. The van der Waals surface area contributed by atoms with E-state index in [0.717, 1.165) is 44.6 Å². The molecule has 0 spiro atoms. The Morgan fingerprint density at radius 3 is 1.81 bits per heavy atom. The predicted molar refractivity (Wildman–Crippen MR) is 174 cm³/mol. The van der Waals surface area contributed by atoms with Crippen LogP contribution in [0.2, 0.25) is 0 Å². The van der Waals surface area contributed by atoms with Crippen molar-refractivity contribution in [1.82, 2.24) is 19.1 Å². The quantitative estimate of drug-likeness (QED) is 0.218. The Morgan fingerprint density at radius 1 is 0.465 bits per heavy atom. The summed E-state index contributed by atoms with van der Waals surface area (Å²) in [5, 5.41) is 4.79. The van der Waals surface area contributed by atoms with E-state index in [1.165, 1.54) is 21.5 Å². The average Bonchev–Trinajstić information content (AvgIpc) is 3.78. The number of oxazole rings is 1. The zero-order valence-corrected chi connectivity index (χ0v) is 23.1. The van der Waals surface area contributed by atoms with E-state index in [9.17, 15) is 0 Å². The second-order valence-corrected chi connectivity index (χ2v) is 10.7. The van der Waals surface area contributed by atoms with Crippen molar-refractivity contribution < 1.29 is 4.42 Å². The summed E-state index contributed by atoms with van der Waals surface area (Å²) in [4.78, 5) is 9.35. The van der Waals surface area contributed by atoms with Gasteiger partial charge in [0.15, 0.2) is 0 Å². The van der Waals surface area contributed by atoms with Gasteiger partial charge in [0.25, 0.3) is 0 Å². The molecule has 202 valence electrons. The van der Waals surface area contributed by atoms with Crippen molar-refractivity contribution in [3.05, 3.63) is 146 Å². The number of hydrogen-bond acceptors (Lipinski definition) is 3. The van der Waals surface area contributed by atoms with Crippen LogP contribution < -0.4 is 0 Å². The van der Waals surface area contributed by atoms with Gasteiger partial charge in [-0.25, -0.2) is 4.98 Å². The molecule has 0 radical (unpaired) electrons. The van der Waals surface area contributed by atoms with Crippen LogP contribution >= 0.6 is 0 Å². The van der Waals surface area contributed by atoms with E-state index in [4.69, 9.17) is 9.40 Å². The molecule has 5 nitrogen and oxygen atoms in total. The van der Waals surface area contributed by atoms with E-state index in [1.54, 1.807) is 0 Å². The lowest BCUT2D eigenvalue weighted by Gasteiger charge is -2.10. The van der Waals surface area contributed by atoms with E-state index in [0.29, 0.717) is 11.8 Å². The number of pyridine rings is 1. The Kier molecular flexibility index (Phi) is 5.13. The SMILES string of the molecule is c1ccc(-c2ccc3c4ccccc4n(-c4cccc(-c5ncc(-n6c7ccccc7c7ccccc76)o5)c4)c3c2)nc1. The van der Waals surface area contributed by atoms with Crippen molar-refractivity contribution in [1.29, 1.82) is 0 Å². The number of nitrogens with zero attached hydrogens (tertiary/aromatic N) is 4. The molecule has 0 aliphatic rings. The van der Waals surface area contributed by atoms with Crippen LogP contribution in [0.15, 0.2) is 150 Å². The molecule has 0 saturated carbocycles. The molecule has 43 heavy (non-hydrogen) atoms. The molecule has 9 aromatic rings. The van der Waals surface area contributed by atoms with Crippen molar-refractivity contribution >= 4 is 43.6 Å².